The second kappa shape index (κ2) is 7.50. The van der Waals surface area contributed by atoms with Crippen molar-refractivity contribution < 1.29 is 0 Å². The minimum Gasteiger partial charge on any atom is -0.382 e. The SMILES string of the molecule is CC(C)c1ccc(CN2CCC(Nc3ccc4[nH]ncc4c3)CC2)cc1. The predicted molar refractivity (Wildman–Crippen MR) is 109 cm³/mol. The molecule has 0 bridgehead atoms. The lowest BCUT2D eigenvalue weighted by Gasteiger charge is -2.33. The second-order valence-corrected chi connectivity index (χ2v) is 7.76. The molecule has 4 rings (SSSR count). The van der Waals surface area contributed by atoms with E-state index in [0.29, 0.717) is 12.0 Å². The van der Waals surface area contributed by atoms with Crippen molar-refractivity contribution in [1.29, 1.82) is 0 Å². The van der Waals surface area contributed by atoms with Crippen LogP contribution in [-0.2, 0) is 6.54 Å². The molecule has 0 spiro atoms. The molecule has 3 aromatic rings. The summed E-state index contributed by atoms with van der Waals surface area (Å²) in [4.78, 5) is 2.57. The Morgan fingerprint density at radius 1 is 1.12 bits per heavy atom. The topological polar surface area (TPSA) is 44.0 Å². The van der Waals surface area contributed by atoms with Gasteiger partial charge >= 0.3 is 0 Å². The molecule has 1 aliphatic heterocycles. The Morgan fingerprint density at radius 2 is 1.88 bits per heavy atom. The summed E-state index contributed by atoms with van der Waals surface area (Å²) < 4.78 is 0. The fraction of sp³-hybridized carbons (Fsp3) is 0.409. The average molecular weight is 348 g/mol. The Bertz CT molecular complexity index is 842. The van der Waals surface area contributed by atoms with Crippen LogP contribution in [0.5, 0.6) is 0 Å². The Kier molecular flexibility index (Phi) is 4.93. The van der Waals surface area contributed by atoms with Crippen molar-refractivity contribution in [1.82, 2.24) is 15.1 Å². The number of benzene rings is 2. The summed E-state index contributed by atoms with van der Waals surface area (Å²) in [7, 11) is 0. The summed E-state index contributed by atoms with van der Waals surface area (Å²) >= 11 is 0. The minimum atomic E-state index is 0.555. The van der Waals surface area contributed by atoms with Gasteiger partial charge in [-0.3, -0.25) is 10.00 Å². The highest BCUT2D eigenvalue weighted by Crippen LogP contribution is 2.22. The van der Waals surface area contributed by atoms with Gasteiger partial charge in [0.1, 0.15) is 0 Å². The number of anilines is 1. The van der Waals surface area contributed by atoms with Crippen molar-refractivity contribution in [2.75, 3.05) is 18.4 Å². The monoisotopic (exact) mass is 348 g/mol. The third-order valence-corrected chi connectivity index (χ3v) is 5.45. The van der Waals surface area contributed by atoms with Gasteiger partial charge in [0.15, 0.2) is 0 Å². The van der Waals surface area contributed by atoms with Crippen LogP contribution in [-0.4, -0.2) is 34.2 Å². The lowest BCUT2D eigenvalue weighted by atomic mass is 10.0. The lowest BCUT2D eigenvalue weighted by molar-refractivity contribution is 0.211. The number of hydrogen-bond acceptors (Lipinski definition) is 3. The maximum atomic E-state index is 4.09. The van der Waals surface area contributed by atoms with Crippen LogP contribution < -0.4 is 5.32 Å². The van der Waals surface area contributed by atoms with E-state index in [0.717, 1.165) is 30.5 Å². The molecule has 136 valence electrons. The second-order valence-electron chi connectivity index (χ2n) is 7.76. The molecule has 1 aromatic heterocycles. The van der Waals surface area contributed by atoms with E-state index >= 15 is 0 Å². The molecule has 0 atom stereocenters. The number of piperidine rings is 1. The highest BCUT2D eigenvalue weighted by Gasteiger charge is 2.19. The van der Waals surface area contributed by atoms with Crippen molar-refractivity contribution in [3.8, 4) is 0 Å². The largest absolute Gasteiger partial charge is 0.382 e. The maximum absolute atomic E-state index is 4.09. The number of hydrogen-bond donors (Lipinski definition) is 2. The van der Waals surface area contributed by atoms with Crippen molar-refractivity contribution in [3.63, 3.8) is 0 Å². The van der Waals surface area contributed by atoms with Crippen LogP contribution >= 0.6 is 0 Å². The van der Waals surface area contributed by atoms with Gasteiger partial charge in [0.2, 0.25) is 0 Å². The molecule has 0 radical (unpaired) electrons. The van der Waals surface area contributed by atoms with Crippen molar-refractivity contribution in [2.24, 2.45) is 0 Å². The first-order chi connectivity index (χ1) is 12.7. The van der Waals surface area contributed by atoms with Crippen LogP contribution in [0.25, 0.3) is 10.9 Å². The molecule has 2 N–H and O–H groups in total. The molecular formula is C22H28N4. The van der Waals surface area contributed by atoms with Crippen LogP contribution in [0.1, 0.15) is 43.7 Å². The van der Waals surface area contributed by atoms with Gasteiger partial charge in [-0.1, -0.05) is 38.1 Å². The normalized spacial score (nSPS) is 16.4. The number of nitrogens with zero attached hydrogens (tertiary/aromatic N) is 2. The Hall–Kier alpha value is -2.33. The molecule has 2 heterocycles. The number of fused-ring (bicyclic) bond motifs is 1. The lowest BCUT2D eigenvalue weighted by Crippen LogP contribution is -2.38. The van der Waals surface area contributed by atoms with Gasteiger partial charge in [0, 0.05) is 36.7 Å². The molecule has 26 heavy (non-hydrogen) atoms. The Morgan fingerprint density at radius 3 is 2.62 bits per heavy atom. The van der Waals surface area contributed by atoms with Crippen LogP contribution in [0.15, 0.2) is 48.7 Å². The van der Waals surface area contributed by atoms with Crippen LogP contribution in [0.3, 0.4) is 0 Å². The molecule has 0 aliphatic carbocycles. The highest BCUT2D eigenvalue weighted by atomic mass is 15.1. The highest BCUT2D eigenvalue weighted by molar-refractivity contribution is 5.81. The van der Waals surface area contributed by atoms with Gasteiger partial charge in [-0.2, -0.15) is 5.10 Å². The first-order valence-corrected chi connectivity index (χ1v) is 9.68. The molecular weight excluding hydrogens is 320 g/mol. The van der Waals surface area contributed by atoms with Crippen molar-refractivity contribution in [3.05, 3.63) is 59.8 Å². The van der Waals surface area contributed by atoms with Gasteiger partial charge in [-0.15, -0.1) is 0 Å². The van der Waals surface area contributed by atoms with E-state index in [1.54, 1.807) is 0 Å². The van der Waals surface area contributed by atoms with Crippen molar-refractivity contribution >= 4 is 16.6 Å². The number of aromatic nitrogens is 2. The minimum absolute atomic E-state index is 0.555. The fourth-order valence-corrected chi connectivity index (χ4v) is 3.77. The fourth-order valence-electron chi connectivity index (χ4n) is 3.77. The van der Waals surface area contributed by atoms with Crippen LogP contribution in [0.2, 0.25) is 0 Å². The van der Waals surface area contributed by atoms with Gasteiger partial charge in [0.05, 0.1) is 11.7 Å². The van der Waals surface area contributed by atoms with E-state index in [1.165, 1.54) is 29.7 Å². The summed E-state index contributed by atoms with van der Waals surface area (Å²) in [5.41, 5.74) is 5.13. The van der Waals surface area contributed by atoms with Gasteiger partial charge in [-0.05, 0) is 48.1 Å². The van der Waals surface area contributed by atoms with E-state index < -0.39 is 0 Å². The van der Waals surface area contributed by atoms with Gasteiger partial charge in [0.25, 0.3) is 0 Å². The molecule has 1 saturated heterocycles. The van der Waals surface area contributed by atoms with E-state index in [9.17, 15) is 0 Å². The van der Waals surface area contributed by atoms with E-state index in [2.05, 4.69) is 76.7 Å². The summed E-state index contributed by atoms with van der Waals surface area (Å²) in [5.74, 6) is 0.604. The van der Waals surface area contributed by atoms with Gasteiger partial charge in [-0.25, -0.2) is 0 Å². The molecule has 4 heteroatoms. The zero-order valence-electron chi connectivity index (χ0n) is 15.7. The molecule has 0 saturated carbocycles. The average Bonchev–Trinajstić information content (AvgIpc) is 3.12. The van der Waals surface area contributed by atoms with E-state index in [-0.39, 0.29) is 0 Å². The number of rotatable bonds is 5. The standard InChI is InChI=1S/C22H28N4/c1-16(2)18-5-3-17(4-6-18)15-26-11-9-20(10-12-26)24-21-7-8-22-19(13-21)14-23-25-22/h3-8,13-14,16,20,24H,9-12,15H2,1-2H3,(H,23,25). The summed E-state index contributed by atoms with van der Waals surface area (Å²) in [5, 5.41) is 12.0. The summed E-state index contributed by atoms with van der Waals surface area (Å²) in [6, 6.07) is 16.1. The molecule has 1 aliphatic rings. The first-order valence-electron chi connectivity index (χ1n) is 9.68. The van der Waals surface area contributed by atoms with E-state index in [4.69, 9.17) is 0 Å². The summed E-state index contributed by atoms with van der Waals surface area (Å²) in [6.07, 6.45) is 4.26. The quantitative estimate of drug-likeness (QED) is 0.698. The zero-order chi connectivity index (χ0) is 17.9. The summed E-state index contributed by atoms with van der Waals surface area (Å²) in [6.45, 7) is 7.86. The van der Waals surface area contributed by atoms with Crippen molar-refractivity contribution in [2.45, 2.75) is 45.2 Å². The smallest absolute Gasteiger partial charge is 0.0651 e. The van der Waals surface area contributed by atoms with Crippen LogP contribution in [0.4, 0.5) is 5.69 Å². The zero-order valence-corrected chi connectivity index (χ0v) is 15.7. The van der Waals surface area contributed by atoms with Crippen LogP contribution in [0, 0.1) is 0 Å². The number of likely N-dealkylation sites (tertiary alicyclic amines) is 1. The first kappa shape index (κ1) is 17.1. The molecule has 2 aromatic carbocycles. The molecule has 0 amide bonds. The predicted octanol–water partition coefficient (Wildman–Crippen LogP) is 4.76. The maximum Gasteiger partial charge on any atom is 0.0651 e. The molecule has 1 fully saturated rings. The third-order valence-electron chi connectivity index (χ3n) is 5.45. The third kappa shape index (κ3) is 3.91. The Labute approximate surface area is 155 Å². The van der Waals surface area contributed by atoms with Gasteiger partial charge < -0.3 is 5.32 Å². The Balaban J connectivity index is 1.29. The van der Waals surface area contributed by atoms with E-state index in [1.807, 2.05) is 6.20 Å². The molecule has 4 nitrogen and oxygen atoms in total. The number of nitrogens with one attached hydrogen (secondary N) is 2. The number of H-pyrrole nitrogens is 1. The molecule has 0 unspecified atom stereocenters. The number of aromatic amines is 1.